The summed E-state index contributed by atoms with van der Waals surface area (Å²) in [6, 6.07) is 12.3. The number of methoxy groups -OCH3 is 1. The number of esters is 1. The zero-order valence-electron chi connectivity index (χ0n) is 15.0. The maximum absolute atomic E-state index is 12.0. The average Bonchev–Trinajstić information content (AvgIpc) is 2.59. The minimum absolute atomic E-state index is 0.0841. The number of hydrogen-bond donors (Lipinski definition) is 1. The van der Waals surface area contributed by atoms with E-state index in [0.717, 1.165) is 5.56 Å². The molecular formula is C20H23NO4. The zero-order chi connectivity index (χ0) is 18.4. The van der Waals surface area contributed by atoms with E-state index in [1.54, 1.807) is 24.3 Å². The lowest BCUT2D eigenvalue weighted by atomic mass is 9.98. The van der Waals surface area contributed by atoms with Crippen LogP contribution in [0.5, 0.6) is 5.75 Å². The summed E-state index contributed by atoms with van der Waals surface area (Å²) >= 11 is 0. The second-order valence-corrected chi connectivity index (χ2v) is 6.08. The molecule has 132 valence electrons. The Morgan fingerprint density at radius 1 is 1.08 bits per heavy atom. The Morgan fingerprint density at radius 3 is 2.32 bits per heavy atom. The first-order valence-corrected chi connectivity index (χ1v) is 8.12. The van der Waals surface area contributed by atoms with Gasteiger partial charge in [-0.2, -0.15) is 0 Å². The number of carbonyl (C=O) groups excluding carboxylic acids is 2. The lowest BCUT2D eigenvalue weighted by Crippen LogP contribution is -2.20. The lowest BCUT2D eigenvalue weighted by Gasteiger charge is -2.12. The third kappa shape index (κ3) is 5.08. The van der Waals surface area contributed by atoms with Gasteiger partial charge in [0.15, 0.2) is 6.61 Å². The summed E-state index contributed by atoms with van der Waals surface area (Å²) < 4.78 is 10.2. The van der Waals surface area contributed by atoms with Crippen LogP contribution in [0.3, 0.4) is 0 Å². The van der Waals surface area contributed by atoms with Gasteiger partial charge in [0.1, 0.15) is 5.75 Å². The number of rotatable bonds is 6. The van der Waals surface area contributed by atoms with Crippen LogP contribution in [0, 0.1) is 6.92 Å². The number of ether oxygens (including phenoxy) is 2. The van der Waals surface area contributed by atoms with Gasteiger partial charge in [0.2, 0.25) is 0 Å². The van der Waals surface area contributed by atoms with Crippen molar-refractivity contribution < 1.29 is 19.1 Å². The van der Waals surface area contributed by atoms with E-state index in [0.29, 0.717) is 22.9 Å². The van der Waals surface area contributed by atoms with Gasteiger partial charge in [-0.3, -0.25) is 4.79 Å². The highest BCUT2D eigenvalue weighted by molar-refractivity contribution is 5.93. The van der Waals surface area contributed by atoms with Crippen LogP contribution in [0.4, 0.5) is 5.69 Å². The van der Waals surface area contributed by atoms with Crippen LogP contribution in [-0.2, 0) is 9.53 Å². The van der Waals surface area contributed by atoms with Crippen molar-refractivity contribution in [3.05, 3.63) is 59.2 Å². The van der Waals surface area contributed by atoms with Crippen molar-refractivity contribution in [3.8, 4) is 5.75 Å². The van der Waals surface area contributed by atoms with Gasteiger partial charge < -0.3 is 14.8 Å². The maximum Gasteiger partial charge on any atom is 0.337 e. The van der Waals surface area contributed by atoms with Crippen LogP contribution in [0.15, 0.2) is 42.5 Å². The SMILES string of the molecule is COC(=O)c1ccc(NC(=O)COc2ccc(C(C)C)c(C)c2)cc1. The molecule has 0 aliphatic rings. The second kappa shape index (κ2) is 8.33. The molecular weight excluding hydrogens is 318 g/mol. The first-order valence-electron chi connectivity index (χ1n) is 8.12. The largest absolute Gasteiger partial charge is 0.484 e. The van der Waals surface area contributed by atoms with Crippen molar-refractivity contribution in [3.63, 3.8) is 0 Å². The quantitative estimate of drug-likeness (QED) is 0.809. The third-order valence-electron chi connectivity index (χ3n) is 3.82. The highest BCUT2D eigenvalue weighted by Gasteiger charge is 2.08. The molecule has 0 radical (unpaired) electrons. The number of hydrogen-bond acceptors (Lipinski definition) is 4. The monoisotopic (exact) mass is 341 g/mol. The highest BCUT2D eigenvalue weighted by Crippen LogP contribution is 2.23. The van der Waals surface area contributed by atoms with Crippen LogP contribution < -0.4 is 10.1 Å². The Bertz CT molecular complexity index is 751. The van der Waals surface area contributed by atoms with Crippen molar-refractivity contribution in [1.82, 2.24) is 0 Å². The molecule has 5 nitrogen and oxygen atoms in total. The number of carbonyl (C=O) groups is 2. The second-order valence-electron chi connectivity index (χ2n) is 6.08. The van der Waals surface area contributed by atoms with Crippen LogP contribution in [0.25, 0.3) is 0 Å². The number of anilines is 1. The predicted octanol–water partition coefficient (Wildman–Crippen LogP) is 3.92. The fraction of sp³-hybridized carbons (Fsp3) is 0.300. The molecule has 0 saturated heterocycles. The molecule has 0 aromatic heterocycles. The minimum atomic E-state index is -0.415. The molecule has 0 bridgehead atoms. The molecule has 0 heterocycles. The highest BCUT2D eigenvalue weighted by atomic mass is 16.5. The van der Waals surface area contributed by atoms with E-state index in [1.807, 2.05) is 25.1 Å². The van der Waals surface area contributed by atoms with Crippen molar-refractivity contribution in [2.24, 2.45) is 0 Å². The Kier molecular flexibility index (Phi) is 6.17. The molecule has 0 saturated carbocycles. The van der Waals surface area contributed by atoms with E-state index in [4.69, 9.17) is 4.74 Å². The van der Waals surface area contributed by atoms with Gasteiger partial charge >= 0.3 is 5.97 Å². The summed E-state index contributed by atoms with van der Waals surface area (Å²) in [5.74, 6) is 0.432. The lowest BCUT2D eigenvalue weighted by molar-refractivity contribution is -0.118. The van der Waals surface area contributed by atoms with E-state index in [2.05, 4.69) is 23.9 Å². The molecule has 0 fully saturated rings. The molecule has 0 unspecified atom stereocenters. The van der Waals surface area contributed by atoms with Crippen molar-refractivity contribution in [1.29, 1.82) is 0 Å². The summed E-state index contributed by atoms with van der Waals surface area (Å²) in [6.45, 7) is 6.23. The van der Waals surface area contributed by atoms with Crippen molar-refractivity contribution in [2.45, 2.75) is 26.7 Å². The van der Waals surface area contributed by atoms with Gasteiger partial charge in [0.25, 0.3) is 5.91 Å². The normalized spacial score (nSPS) is 10.4. The molecule has 0 aliphatic heterocycles. The Morgan fingerprint density at radius 2 is 1.76 bits per heavy atom. The van der Waals surface area contributed by atoms with E-state index in [1.165, 1.54) is 12.7 Å². The molecule has 0 aliphatic carbocycles. The molecule has 25 heavy (non-hydrogen) atoms. The summed E-state index contributed by atoms with van der Waals surface area (Å²) in [5.41, 5.74) is 3.43. The zero-order valence-corrected chi connectivity index (χ0v) is 15.0. The standard InChI is InChI=1S/C20H23NO4/c1-13(2)18-10-9-17(11-14(18)3)25-12-19(22)21-16-7-5-15(6-8-16)20(23)24-4/h5-11,13H,12H2,1-4H3,(H,21,22). The van der Waals surface area contributed by atoms with Gasteiger partial charge in [0, 0.05) is 5.69 Å². The molecule has 5 heteroatoms. The van der Waals surface area contributed by atoms with E-state index in [9.17, 15) is 9.59 Å². The van der Waals surface area contributed by atoms with E-state index in [-0.39, 0.29) is 12.5 Å². The number of benzene rings is 2. The fourth-order valence-corrected chi connectivity index (χ4v) is 2.54. The first-order chi connectivity index (χ1) is 11.9. The van der Waals surface area contributed by atoms with Crippen LogP contribution in [0.1, 0.15) is 41.3 Å². The Labute approximate surface area is 148 Å². The summed E-state index contributed by atoms with van der Waals surface area (Å²) in [7, 11) is 1.32. The number of amides is 1. The van der Waals surface area contributed by atoms with E-state index >= 15 is 0 Å². The average molecular weight is 341 g/mol. The topological polar surface area (TPSA) is 64.6 Å². The number of nitrogens with one attached hydrogen (secondary N) is 1. The molecule has 2 aromatic rings. The van der Waals surface area contributed by atoms with Gasteiger partial charge in [-0.25, -0.2) is 4.79 Å². The summed E-state index contributed by atoms with van der Waals surface area (Å²) in [4.78, 5) is 23.4. The van der Waals surface area contributed by atoms with E-state index < -0.39 is 5.97 Å². The number of aryl methyl sites for hydroxylation is 1. The summed E-state index contributed by atoms with van der Waals surface area (Å²) in [5, 5.41) is 2.72. The molecule has 2 rings (SSSR count). The van der Waals surface area contributed by atoms with Crippen LogP contribution in [-0.4, -0.2) is 25.6 Å². The smallest absolute Gasteiger partial charge is 0.337 e. The maximum atomic E-state index is 12.0. The van der Waals surface area contributed by atoms with Gasteiger partial charge in [-0.15, -0.1) is 0 Å². The Hall–Kier alpha value is -2.82. The van der Waals surface area contributed by atoms with Crippen molar-refractivity contribution >= 4 is 17.6 Å². The molecule has 0 spiro atoms. The predicted molar refractivity (Wildman–Crippen MR) is 97.2 cm³/mol. The fourth-order valence-electron chi connectivity index (χ4n) is 2.54. The molecule has 0 atom stereocenters. The third-order valence-corrected chi connectivity index (χ3v) is 3.82. The van der Waals surface area contributed by atoms with Gasteiger partial charge in [-0.05, 0) is 60.4 Å². The van der Waals surface area contributed by atoms with Crippen LogP contribution >= 0.6 is 0 Å². The first kappa shape index (κ1) is 18.5. The Balaban J connectivity index is 1.90. The molecule has 1 N–H and O–H groups in total. The molecule has 1 amide bonds. The minimum Gasteiger partial charge on any atom is -0.484 e. The van der Waals surface area contributed by atoms with Crippen LogP contribution in [0.2, 0.25) is 0 Å². The van der Waals surface area contributed by atoms with Crippen molar-refractivity contribution in [2.75, 3.05) is 19.0 Å². The summed E-state index contributed by atoms with van der Waals surface area (Å²) in [6.07, 6.45) is 0. The van der Waals surface area contributed by atoms with Gasteiger partial charge in [0.05, 0.1) is 12.7 Å². The van der Waals surface area contributed by atoms with Gasteiger partial charge in [-0.1, -0.05) is 19.9 Å². The molecule has 2 aromatic carbocycles.